The number of methoxy groups -OCH3 is 1. The normalized spacial score (nSPS) is 15.7. The van der Waals surface area contributed by atoms with Crippen LogP contribution in [0.1, 0.15) is 43.3 Å². The average Bonchev–Trinajstić information content (AvgIpc) is 3.09. The van der Waals surface area contributed by atoms with E-state index in [1.807, 2.05) is 39.0 Å². The van der Waals surface area contributed by atoms with Crippen molar-refractivity contribution in [2.75, 3.05) is 13.7 Å². The lowest BCUT2D eigenvalue weighted by Gasteiger charge is -2.19. The molecule has 1 aromatic heterocycles. The van der Waals surface area contributed by atoms with E-state index in [2.05, 4.69) is 43.5 Å². The van der Waals surface area contributed by atoms with Gasteiger partial charge in [0.1, 0.15) is 0 Å². The predicted molar refractivity (Wildman–Crippen MR) is 119 cm³/mol. The fraction of sp³-hybridized carbons (Fsp3) is 0.360. The molecule has 0 N–H and O–H groups in total. The van der Waals surface area contributed by atoms with Gasteiger partial charge in [-0.2, -0.15) is 0 Å². The van der Waals surface area contributed by atoms with Gasteiger partial charge in [0.05, 0.1) is 18.3 Å². The zero-order valence-corrected chi connectivity index (χ0v) is 18.9. The average molecular weight is 407 g/mol. The van der Waals surface area contributed by atoms with Gasteiger partial charge in [-0.05, 0) is 62.9 Å². The lowest BCUT2D eigenvalue weighted by Crippen LogP contribution is -2.28. The van der Waals surface area contributed by atoms with E-state index in [0.29, 0.717) is 23.4 Å². The molecule has 3 rings (SSSR count). The van der Waals surface area contributed by atoms with Crippen LogP contribution < -0.4 is 0 Å². The minimum absolute atomic E-state index is 0.151. The number of nitrogens with zero attached hydrogens (tertiary/aromatic N) is 2. The van der Waals surface area contributed by atoms with Crippen molar-refractivity contribution in [3.8, 4) is 5.69 Å². The maximum absolute atomic E-state index is 13.2. The standard InChI is InChI=1S/C25H30N2O3/c1-15(2)14-26-19(6)23(25(29)30-7)21(24(26)28)13-20-12-17(4)27(18(20)5)22-11-9-8-10-16(22)3/h8-13,15H,14H2,1-7H3/b21-13-. The van der Waals surface area contributed by atoms with Crippen LogP contribution >= 0.6 is 0 Å². The van der Waals surface area contributed by atoms with E-state index < -0.39 is 5.97 Å². The Morgan fingerprint density at radius 2 is 1.80 bits per heavy atom. The Balaban J connectivity index is 2.14. The molecule has 2 heterocycles. The van der Waals surface area contributed by atoms with Crippen molar-refractivity contribution in [3.63, 3.8) is 0 Å². The van der Waals surface area contributed by atoms with Gasteiger partial charge in [0, 0.05) is 29.3 Å². The number of allylic oxidation sites excluding steroid dienone is 1. The molecule has 0 atom stereocenters. The molecule has 5 nitrogen and oxygen atoms in total. The Labute approximate surface area is 178 Å². The number of amides is 1. The summed E-state index contributed by atoms with van der Waals surface area (Å²) in [6, 6.07) is 10.3. The van der Waals surface area contributed by atoms with Gasteiger partial charge < -0.3 is 14.2 Å². The molecule has 1 aromatic carbocycles. The van der Waals surface area contributed by atoms with Crippen molar-refractivity contribution in [3.05, 3.63) is 69.7 Å². The van der Waals surface area contributed by atoms with Crippen LogP contribution in [0.3, 0.4) is 0 Å². The van der Waals surface area contributed by atoms with Gasteiger partial charge in [-0.3, -0.25) is 4.79 Å². The van der Waals surface area contributed by atoms with E-state index in [-0.39, 0.29) is 11.8 Å². The molecule has 0 saturated carbocycles. The molecule has 0 saturated heterocycles. The highest BCUT2D eigenvalue weighted by Crippen LogP contribution is 2.33. The molecule has 2 aromatic rings. The van der Waals surface area contributed by atoms with Crippen molar-refractivity contribution in [2.24, 2.45) is 5.92 Å². The first-order chi connectivity index (χ1) is 14.2. The van der Waals surface area contributed by atoms with Gasteiger partial charge in [0.15, 0.2) is 0 Å². The second kappa shape index (κ2) is 8.34. The molecule has 30 heavy (non-hydrogen) atoms. The monoisotopic (exact) mass is 406 g/mol. The molecule has 1 amide bonds. The first-order valence-electron chi connectivity index (χ1n) is 10.2. The quantitative estimate of drug-likeness (QED) is 0.533. The summed E-state index contributed by atoms with van der Waals surface area (Å²) >= 11 is 0. The number of esters is 1. The smallest absolute Gasteiger partial charge is 0.340 e. The maximum atomic E-state index is 13.2. The van der Waals surface area contributed by atoms with Crippen LogP contribution in [0.2, 0.25) is 0 Å². The summed E-state index contributed by atoms with van der Waals surface area (Å²) < 4.78 is 7.18. The van der Waals surface area contributed by atoms with E-state index in [0.717, 1.165) is 22.6 Å². The lowest BCUT2D eigenvalue weighted by atomic mass is 10.0. The highest BCUT2D eigenvalue weighted by Gasteiger charge is 2.37. The Morgan fingerprint density at radius 3 is 2.40 bits per heavy atom. The molecule has 0 unspecified atom stereocenters. The van der Waals surface area contributed by atoms with E-state index in [1.54, 1.807) is 4.90 Å². The Morgan fingerprint density at radius 1 is 1.13 bits per heavy atom. The number of hydrogen-bond acceptors (Lipinski definition) is 3. The number of hydrogen-bond donors (Lipinski definition) is 0. The molecular weight excluding hydrogens is 376 g/mol. The summed E-state index contributed by atoms with van der Waals surface area (Å²) in [6.45, 7) is 12.6. The molecule has 0 fully saturated rings. The number of aryl methyl sites for hydroxylation is 2. The van der Waals surface area contributed by atoms with E-state index in [4.69, 9.17) is 4.74 Å². The highest BCUT2D eigenvalue weighted by atomic mass is 16.5. The fourth-order valence-electron chi connectivity index (χ4n) is 4.09. The Hall–Kier alpha value is -3.08. The van der Waals surface area contributed by atoms with Crippen LogP contribution in [-0.4, -0.2) is 35.0 Å². The summed E-state index contributed by atoms with van der Waals surface area (Å²) in [6.07, 6.45) is 1.83. The van der Waals surface area contributed by atoms with Gasteiger partial charge in [0.2, 0.25) is 0 Å². The minimum atomic E-state index is -0.480. The van der Waals surface area contributed by atoms with Gasteiger partial charge in [-0.1, -0.05) is 32.0 Å². The summed E-state index contributed by atoms with van der Waals surface area (Å²) in [5.74, 6) is -0.346. The molecule has 1 aliphatic rings. The third kappa shape index (κ3) is 3.72. The van der Waals surface area contributed by atoms with Crippen LogP contribution in [0.4, 0.5) is 0 Å². The topological polar surface area (TPSA) is 51.5 Å². The molecule has 5 heteroatoms. The molecule has 0 radical (unpaired) electrons. The number of carbonyl (C=O) groups is 2. The Bertz CT molecular complexity index is 1070. The van der Waals surface area contributed by atoms with Gasteiger partial charge >= 0.3 is 5.97 Å². The van der Waals surface area contributed by atoms with E-state index in [9.17, 15) is 9.59 Å². The van der Waals surface area contributed by atoms with Gasteiger partial charge in [0.25, 0.3) is 5.91 Å². The summed E-state index contributed by atoms with van der Waals surface area (Å²) in [5.41, 5.74) is 6.68. The second-order valence-electron chi connectivity index (χ2n) is 8.27. The second-order valence-corrected chi connectivity index (χ2v) is 8.27. The largest absolute Gasteiger partial charge is 0.465 e. The molecule has 0 bridgehead atoms. The molecular formula is C25H30N2O3. The van der Waals surface area contributed by atoms with Crippen LogP contribution in [0.25, 0.3) is 11.8 Å². The minimum Gasteiger partial charge on any atom is -0.465 e. The van der Waals surface area contributed by atoms with Crippen molar-refractivity contribution < 1.29 is 14.3 Å². The zero-order valence-electron chi connectivity index (χ0n) is 18.9. The Kier molecular flexibility index (Phi) is 6.01. The van der Waals surface area contributed by atoms with Gasteiger partial charge in [-0.25, -0.2) is 4.79 Å². The number of rotatable bonds is 5. The molecule has 158 valence electrons. The predicted octanol–water partition coefficient (Wildman–Crippen LogP) is 4.73. The third-order valence-electron chi connectivity index (χ3n) is 5.58. The van der Waals surface area contributed by atoms with Crippen molar-refractivity contribution in [1.29, 1.82) is 0 Å². The van der Waals surface area contributed by atoms with Crippen molar-refractivity contribution >= 4 is 18.0 Å². The zero-order chi connectivity index (χ0) is 22.2. The SMILES string of the molecule is COC(=O)C1=C(C)N(CC(C)C)C(=O)/C1=C\c1cc(C)n(-c2ccccc2C)c1C. The molecule has 0 aliphatic carbocycles. The third-order valence-corrected chi connectivity index (χ3v) is 5.58. The fourth-order valence-corrected chi connectivity index (χ4v) is 4.09. The summed E-state index contributed by atoms with van der Waals surface area (Å²) in [7, 11) is 1.35. The van der Waals surface area contributed by atoms with Crippen LogP contribution in [-0.2, 0) is 14.3 Å². The first-order valence-corrected chi connectivity index (χ1v) is 10.2. The van der Waals surface area contributed by atoms with Crippen LogP contribution in [0.5, 0.6) is 0 Å². The summed E-state index contributed by atoms with van der Waals surface area (Å²) in [4.78, 5) is 27.4. The van der Waals surface area contributed by atoms with E-state index in [1.165, 1.54) is 12.7 Å². The molecule has 1 aliphatic heterocycles. The van der Waals surface area contributed by atoms with Crippen molar-refractivity contribution in [1.82, 2.24) is 9.47 Å². The van der Waals surface area contributed by atoms with Crippen LogP contribution in [0.15, 0.2) is 47.2 Å². The maximum Gasteiger partial charge on any atom is 0.340 e. The van der Waals surface area contributed by atoms with Gasteiger partial charge in [-0.15, -0.1) is 0 Å². The number of carbonyl (C=O) groups excluding carboxylic acids is 2. The van der Waals surface area contributed by atoms with E-state index >= 15 is 0 Å². The highest BCUT2D eigenvalue weighted by molar-refractivity contribution is 6.16. The van der Waals surface area contributed by atoms with Crippen molar-refractivity contribution in [2.45, 2.75) is 41.5 Å². The number of ether oxygens (including phenoxy) is 1. The summed E-state index contributed by atoms with van der Waals surface area (Å²) in [5, 5.41) is 0. The van der Waals surface area contributed by atoms with Crippen LogP contribution in [0, 0.1) is 26.7 Å². The first kappa shape index (κ1) is 21.6. The lowest BCUT2D eigenvalue weighted by molar-refractivity contribution is -0.136. The molecule has 0 spiro atoms. The number of para-hydroxylation sites is 1. The number of benzene rings is 1. The number of aromatic nitrogens is 1.